The molecule has 21 heavy (non-hydrogen) atoms. The van der Waals surface area contributed by atoms with Crippen LogP contribution in [0.3, 0.4) is 0 Å². The number of carbonyl (C=O) groups excluding carboxylic acids is 1. The van der Waals surface area contributed by atoms with E-state index < -0.39 is 5.97 Å². The van der Waals surface area contributed by atoms with Crippen LogP contribution in [-0.2, 0) is 4.79 Å². The molecule has 0 unspecified atom stereocenters. The van der Waals surface area contributed by atoms with Gasteiger partial charge in [-0.25, -0.2) is 4.98 Å². The van der Waals surface area contributed by atoms with E-state index in [1.54, 1.807) is 12.1 Å². The minimum Gasteiger partial charge on any atom is -0.463 e. The Morgan fingerprint density at radius 1 is 1.38 bits per heavy atom. The first-order valence-electron chi connectivity index (χ1n) is 6.21. The highest BCUT2D eigenvalue weighted by molar-refractivity contribution is 7.09. The van der Waals surface area contributed by atoms with Crippen LogP contribution in [0, 0.1) is 6.92 Å². The third-order valence-corrected chi connectivity index (χ3v) is 3.68. The van der Waals surface area contributed by atoms with Crippen LogP contribution in [0.1, 0.15) is 11.9 Å². The molecule has 0 fully saturated rings. The second-order valence-electron chi connectivity index (χ2n) is 4.48. The molecule has 3 aromatic rings. The molecule has 0 atom stereocenters. The van der Waals surface area contributed by atoms with Gasteiger partial charge in [0.2, 0.25) is 5.43 Å². The maximum absolute atomic E-state index is 12.5. The normalized spacial score (nSPS) is 10.8. The first kappa shape index (κ1) is 13.5. The average molecular weight is 301 g/mol. The van der Waals surface area contributed by atoms with Crippen molar-refractivity contribution >= 4 is 28.3 Å². The van der Waals surface area contributed by atoms with Gasteiger partial charge in [0.1, 0.15) is 17.6 Å². The van der Waals surface area contributed by atoms with E-state index in [-0.39, 0.29) is 5.43 Å². The van der Waals surface area contributed by atoms with Crippen LogP contribution >= 0.6 is 11.3 Å². The summed E-state index contributed by atoms with van der Waals surface area (Å²) in [6.45, 7) is 3.19. The third kappa shape index (κ3) is 2.57. The summed E-state index contributed by atoms with van der Waals surface area (Å²) in [5.74, 6) is -0.0818. The highest BCUT2D eigenvalue weighted by Crippen LogP contribution is 2.24. The summed E-state index contributed by atoms with van der Waals surface area (Å²) < 4.78 is 10.5. The number of fused-ring (bicyclic) bond motifs is 1. The SMILES string of the molecule is CC(=O)Oc1ccc2c(=O)c(-c3csc(C)n3)coc2c1. The Balaban J connectivity index is 2.13. The van der Waals surface area contributed by atoms with Crippen molar-refractivity contribution in [2.45, 2.75) is 13.8 Å². The average Bonchev–Trinajstić information content (AvgIpc) is 2.85. The Kier molecular flexibility index (Phi) is 3.31. The molecular weight excluding hydrogens is 290 g/mol. The molecule has 0 bridgehead atoms. The monoisotopic (exact) mass is 301 g/mol. The Bertz CT molecular complexity index is 894. The van der Waals surface area contributed by atoms with Gasteiger partial charge < -0.3 is 9.15 Å². The number of aryl methyl sites for hydroxylation is 1. The number of benzene rings is 1. The smallest absolute Gasteiger partial charge is 0.308 e. The summed E-state index contributed by atoms with van der Waals surface area (Å²) in [7, 11) is 0. The molecule has 0 aliphatic heterocycles. The van der Waals surface area contributed by atoms with Crippen LogP contribution < -0.4 is 10.2 Å². The van der Waals surface area contributed by atoms with Crippen LogP contribution in [0.2, 0.25) is 0 Å². The Hall–Kier alpha value is -2.47. The van der Waals surface area contributed by atoms with Gasteiger partial charge in [0.05, 0.1) is 21.7 Å². The van der Waals surface area contributed by atoms with Gasteiger partial charge in [-0.2, -0.15) is 0 Å². The van der Waals surface area contributed by atoms with Crippen LogP contribution in [0.4, 0.5) is 0 Å². The van der Waals surface area contributed by atoms with Gasteiger partial charge in [0.15, 0.2) is 0 Å². The first-order valence-corrected chi connectivity index (χ1v) is 7.09. The molecule has 106 valence electrons. The minimum atomic E-state index is -0.425. The van der Waals surface area contributed by atoms with E-state index in [2.05, 4.69) is 4.98 Å². The van der Waals surface area contributed by atoms with E-state index in [4.69, 9.17) is 9.15 Å². The van der Waals surface area contributed by atoms with Crippen molar-refractivity contribution in [3.8, 4) is 17.0 Å². The molecule has 0 aliphatic rings. The number of nitrogens with zero attached hydrogens (tertiary/aromatic N) is 1. The van der Waals surface area contributed by atoms with Crippen LogP contribution in [0.25, 0.3) is 22.2 Å². The zero-order valence-electron chi connectivity index (χ0n) is 11.4. The topological polar surface area (TPSA) is 69.4 Å². The summed E-state index contributed by atoms with van der Waals surface area (Å²) in [5.41, 5.74) is 1.25. The van der Waals surface area contributed by atoms with E-state index in [1.807, 2.05) is 12.3 Å². The van der Waals surface area contributed by atoms with Gasteiger partial charge >= 0.3 is 5.97 Å². The van der Waals surface area contributed by atoms with Crippen molar-refractivity contribution in [3.05, 3.63) is 45.1 Å². The maximum atomic E-state index is 12.5. The summed E-state index contributed by atoms with van der Waals surface area (Å²) in [4.78, 5) is 27.7. The zero-order valence-corrected chi connectivity index (χ0v) is 12.2. The fraction of sp³-hybridized carbons (Fsp3) is 0.133. The first-order chi connectivity index (χ1) is 10.0. The zero-order chi connectivity index (χ0) is 15.0. The number of ether oxygens (including phenoxy) is 1. The highest BCUT2D eigenvalue weighted by atomic mass is 32.1. The molecule has 0 saturated heterocycles. The molecule has 5 nitrogen and oxygen atoms in total. The standard InChI is InChI=1S/C15H11NO4S/c1-8-16-13(7-21-8)12-6-19-14-5-10(20-9(2)17)3-4-11(14)15(12)18/h3-7H,1-2H3. The van der Waals surface area contributed by atoms with Crippen molar-refractivity contribution in [2.75, 3.05) is 0 Å². The van der Waals surface area contributed by atoms with Gasteiger partial charge in [-0.1, -0.05) is 0 Å². The molecule has 2 heterocycles. The van der Waals surface area contributed by atoms with Crippen molar-refractivity contribution in [2.24, 2.45) is 0 Å². The third-order valence-electron chi connectivity index (χ3n) is 2.90. The number of hydrogen-bond acceptors (Lipinski definition) is 6. The predicted octanol–water partition coefficient (Wildman–Crippen LogP) is 3.15. The Morgan fingerprint density at radius 2 is 2.19 bits per heavy atom. The molecule has 0 aliphatic carbocycles. The lowest BCUT2D eigenvalue weighted by atomic mass is 10.1. The quantitative estimate of drug-likeness (QED) is 0.537. The Morgan fingerprint density at radius 3 is 2.86 bits per heavy atom. The lowest BCUT2D eigenvalue weighted by molar-refractivity contribution is -0.131. The lowest BCUT2D eigenvalue weighted by Crippen LogP contribution is -2.06. The van der Waals surface area contributed by atoms with E-state index in [1.165, 1.54) is 30.6 Å². The summed E-state index contributed by atoms with van der Waals surface area (Å²) >= 11 is 1.47. The predicted molar refractivity (Wildman–Crippen MR) is 79.6 cm³/mol. The summed E-state index contributed by atoms with van der Waals surface area (Å²) in [6.07, 6.45) is 1.39. The van der Waals surface area contributed by atoms with E-state index >= 15 is 0 Å². The van der Waals surface area contributed by atoms with Crippen molar-refractivity contribution in [1.82, 2.24) is 4.98 Å². The lowest BCUT2D eigenvalue weighted by Gasteiger charge is -2.03. The van der Waals surface area contributed by atoms with Crippen LogP contribution in [-0.4, -0.2) is 11.0 Å². The molecule has 0 saturated carbocycles. The maximum Gasteiger partial charge on any atom is 0.308 e. The molecule has 2 aromatic heterocycles. The van der Waals surface area contributed by atoms with Gasteiger partial charge in [-0.05, 0) is 19.1 Å². The van der Waals surface area contributed by atoms with Crippen LogP contribution in [0.15, 0.2) is 39.1 Å². The number of thiazole rings is 1. The molecule has 0 amide bonds. The fourth-order valence-corrected chi connectivity index (χ4v) is 2.61. The largest absolute Gasteiger partial charge is 0.463 e. The second-order valence-corrected chi connectivity index (χ2v) is 5.54. The second kappa shape index (κ2) is 5.14. The van der Waals surface area contributed by atoms with Gasteiger partial charge in [-0.3, -0.25) is 9.59 Å². The molecular formula is C15H11NO4S. The van der Waals surface area contributed by atoms with Crippen molar-refractivity contribution in [1.29, 1.82) is 0 Å². The molecule has 0 N–H and O–H groups in total. The summed E-state index contributed by atoms with van der Waals surface area (Å²) in [6, 6.07) is 4.67. The van der Waals surface area contributed by atoms with Crippen LogP contribution in [0.5, 0.6) is 5.75 Å². The molecule has 0 spiro atoms. The molecule has 0 radical (unpaired) electrons. The number of aromatic nitrogens is 1. The summed E-state index contributed by atoms with van der Waals surface area (Å²) in [5, 5.41) is 3.13. The van der Waals surface area contributed by atoms with E-state index in [0.717, 1.165) is 5.01 Å². The number of hydrogen-bond donors (Lipinski definition) is 0. The van der Waals surface area contributed by atoms with Gasteiger partial charge in [0, 0.05) is 18.4 Å². The Labute approximate surface area is 123 Å². The minimum absolute atomic E-state index is 0.157. The van der Waals surface area contributed by atoms with Gasteiger partial charge in [0.25, 0.3) is 0 Å². The van der Waals surface area contributed by atoms with E-state index in [0.29, 0.717) is 28.0 Å². The fourth-order valence-electron chi connectivity index (χ4n) is 2.00. The number of carbonyl (C=O) groups is 1. The van der Waals surface area contributed by atoms with E-state index in [9.17, 15) is 9.59 Å². The number of esters is 1. The van der Waals surface area contributed by atoms with Crippen molar-refractivity contribution < 1.29 is 13.9 Å². The molecule has 1 aromatic carbocycles. The highest BCUT2D eigenvalue weighted by Gasteiger charge is 2.12. The number of rotatable bonds is 2. The molecule has 6 heteroatoms. The molecule has 3 rings (SSSR count). The van der Waals surface area contributed by atoms with Crippen molar-refractivity contribution in [3.63, 3.8) is 0 Å². The van der Waals surface area contributed by atoms with Gasteiger partial charge in [-0.15, -0.1) is 11.3 Å².